The van der Waals surface area contributed by atoms with Crippen molar-refractivity contribution in [3.63, 3.8) is 0 Å². The minimum Gasteiger partial charge on any atom is -0.207 e. The molecule has 12 heavy (non-hydrogen) atoms. The summed E-state index contributed by atoms with van der Waals surface area (Å²) in [6, 6.07) is 4.99. The average molecular weight is 162 g/mol. The molecule has 0 radical (unpaired) electrons. The van der Waals surface area contributed by atoms with Gasteiger partial charge in [-0.3, -0.25) is 0 Å². The summed E-state index contributed by atoms with van der Waals surface area (Å²) in [5, 5.41) is 0. The maximum absolute atomic E-state index is 12.8. The van der Waals surface area contributed by atoms with E-state index in [9.17, 15) is 4.39 Å². The smallest absolute Gasteiger partial charge is 0.126 e. The van der Waals surface area contributed by atoms with Crippen LogP contribution in [0.1, 0.15) is 18.1 Å². The van der Waals surface area contributed by atoms with Gasteiger partial charge in [-0.1, -0.05) is 12.6 Å². The van der Waals surface area contributed by atoms with Crippen molar-refractivity contribution < 1.29 is 4.39 Å². The first kappa shape index (κ1) is 8.76. The first-order chi connectivity index (χ1) is 5.65. The molecule has 0 atom stereocenters. The van der Waals surface area contributed by atoms with Crippen LogP contribution in [-0.4, -0.2) is 0 Å². The number of rotatable bonds is 1. The van der Waals surface area contributed by atoms with Crippen LogP contribution in [0.5, 0.6) is 0 Å². The molecule has 1 rings (SSSR count). The fourth-order valence-corrected chi connectivity index (χ4v) is 0.980. The predicted molar refractivity (Wildman–Crippen MR) is 49.4 cm³/mol. The summed E-state index contributed by atoms with van der Waals surface area (Å²) in [6.07, 6.45) is 0. The van der Waals surface area contributed by atoms with Gasteiger partial charge in [0, 0.05) is 0 Å². The van der Waals surface area contributed by atoms with Crippen molar-refractivity contribution in [2.75, 3.05) is 0 Å². The molecule has 0 amide bonds. The average Bonchev–Trinajstić information content (AvgIpc) is 2.08. The van der Waals surface area contributed by atoms with E-state index in [4.69, 9.17) is 0 Å². The van der Waals surface area contributed by atoms with Crippen molar-refractivity contribution in [2.45, 2.75) is 13.8 Å². The Morgan fingerprint density at radius 3 is 2.67 bits per heavy atom. The summed E-state index contributed by atoms with van der Waals surface area (Å²) < 4.78 is 12.8. The summed E-state index contributed by atoms with van der Waals surface area (Å²) in [5.74, 6) is -0.171. The summed E-state index contributed by atoms with van der Waals surface area (Å²) in [7, 11) is 0. The molecule has 1 heteroatoms. The molecule has 1 aromatic rings. The van der Waals surface area contributed by atoms with E-state index in [1.54, 1.807) is 19.1 Å². The van der Waals surface area contributed by atoms with E-state index in [2.05, 4.69) is 12.3 Å². The van der Waals surface area contributed by atoms with Crippen LogP contribution in [0.2, 0.25) is 0 Å². The Kier molecular flexibility index (Phi) is 2.47. The van der Waals surface area contributed by atoms with Gasteiger partial charge in [-0.25, -0.2) is 4.39 Å². The SMILES string of the molecule is C=C=C(C)c1ccc(F)c(C)c1. The van der Waals surface area contributed by atoms with Crippen LogP contribution in [0.4, 0.5) is 4.39 Å². The van der Waals surface area contributed by atoms with Gasteiger partial charge < -0.3 is 0 Å². The fraction of sp³-hybridized carbons (Fsp3) is 0.182. The maximum Gasteiger partial charge on any atom is 0.126 e. The number of halogens is 1. The van der Waals surface area contributed by atoms with Crippen LogP contribution in [0.25, 0.3) is 5.57 Å². The minimum atomic E-state index is -0.171. The van der Waals surface area contributed by atoms with Crippen LogP contribution in [0.15, 0.2) is 30.5 Å². The van der Waals surface area contributed by atoms with Gasteiger partial charge in [0.1, 0.15) is 5.82 Å². The second-order valence-electron chi connectivity index (χ2n) is 2.77. The summed E-state index contributed by atoms with van der Waals surface area (Å²) in [4.78, 5) is 0. The highest BCUT2D eigenvalue weighted by atomic mass is 19.1. The largest absolute Gasteiger partial charge is 0.207 e. The fourth-order valence-electron chi connectivity index (χ4n) is 0.980. The standard InChI is InChI=1S/C11H11F/c1-4-8(2)10-5-6-11(12)9(3)7-10/h5-7H,1H2,2-3H3. The predicted octanol–water partition coefficient (Wildman–Crippen LogP) is 3.32. The number of hydrogen-bond acceptors (Lipinski definition) is 0. The van der Waals surface area contributed by atoms with Crippen molar-refractivity contribution in [3.8, 4) is 0 Å². The van der Waals surface area contributed by atoms with Crippen LogP contribution in [0, 0.1) is 12.7 Å². The normalized spacial score (nSPS) is 9.25. The Hall–Kier alpha value is -1.33. The second kappa shape index (κ2) is 3.38. The van der Waals surface area contributed by atoms with E-state index in [0.717, 1.165) is 11.1 Å². The molecule has 0 nitrogen and oxygen atoms in total. The van der Waals surface area contributed by atoms with Crippen molar-refractivity contribution in [3.05, 3.63) is 47.5 Å². The van der Waals surface area contributed by atoms with Gasteiger partial charge in [-0.2, -0.15) is 0 Å². The zero-order chi connectivity index (χ0) is 9.14. The number of aryl methyl sites for hydroxylation is 1. The third kappa shape index (κ3) is 1.63. The van der Waals surface area contributed by atoms with Crippen LogP contribution >= 0.6 is 0 Å². The van der Waals surface area contributed by atoms with Gasteiger partial charge in [-0.15, -0.1) is 5.73 Å². The van der Waals surface area contributed by atoms with Gasteiger partial charge in [0.25, 0.3) is 0 Å². The maximum atomic E-state index is 12.8. The van der Waals surface area contributed by atoms with Crippen LogP contribution in [0.3, 0.4) is 0 Å². The molecule has 0 aliphatic rings. The second-order valence-corrected chi connectivity index (χ2v) is 2.77. The molecule has 0 aliphatic heterocycles. The van der Waals surface area contributed by atoms with E-state index in [-0.39, 0.29) is 5.82 Å². The first-order valence-electron chi connectivity index (χ1n) is 3.78. The van der Waals surface area contributed by atoms with E-state index < -0.39 is 0 Å². The molecule has 0 fully saturated rings. The Balaban J connectivity index is 3.22. The summed E-state index contributed by atoms with van der Waals surface area (Å²) >= 11 is 0. The first-order valence-corrected chi connectivity index (χ1v) is 3.78. The molecular weight excluding hydrogens is 151 g/mol. The van der Waals surface area contributed by atoms with Crippen molar-refractivity contribution in [1.29, 1.82) is 0 Å². The zero-order valence-corrected chi connectivity index (χ0v) is 7.32. The molecule has 0 unspecified atom stereocenters. The Bertz CT molecular complexity index is 344. The van der Waals surface area contributed by atoms with E-state index in [0.29, 0.717) is 5.56 Å². The summed E-state index contributed by atoms with van der Waals surface area (Å²) in [5.41, 5.74) is 5.35. The Labute approximate surface area is 72.0 Å². The molecule has 62 valence electrons. The van der Waals surface area contributed by atoms with Crippen LogP contribution in [-0.2, 0) is 0 Å². The van der Waals surface area contributed by atoms with E-state index in [1.165, 1.54) is 6.07 Å². The Morgan fingerprint density at radius 2 is 2.17 bits per heavy atom. The van der Waals surface area contributed by atoms with Crippen molar-refractivity contribution in [2.24, 2.45) is 0 Å². The zero-order valence-electron chi connectivity index (χ0n) is 7.32. The van der Waals surface area contributed by atoms with Gasteiger partial charge >= 0.3 is 0 Å². The minimum absolute atomic E-state index is 0.171. The lowest BCUT2D eigenvalue weighted by Gasteiger charge is -2.00. The number of hydrogen-bond donors (Lipinski definition) is 0. The lowest BCUT2D eigenvalue weighted by molar-refractivity contribution is 0.618. The highest BCUT2D eigenvalue weighted by Crippen LogP contribution is 2.15. The molecular formula is C11H11F. The number of allylic oxidation sites excluding steroid dienone is 1. The van der Waals surface area contributed by atoms with E-state index >= 15 is 0 Å². The van der Waals surface area contributed by atoms with Crippen molar-refractivity contribution >= 4 is 5.57 Å². The molecule has 1 aromatic carbocycles. The molecule has 0 heterocycles. The van der Waals surface area contributed by atoms with Crippen molar-refractivity contribution in [1.82, 2.24) is 0 Å². The molecule has 0 spiro atoms. The molecule has 0 saturated heterocycles. The van der Waals surface area contributed by atoms with Gasteiger partial charge in [-0.05, 0) is 42.7 Å². The third-order valence-electron chi connectivity index (χ3n) is 1.86. The number of benzene rings is 1. The molecule has 0 aliphatic carbocycles. The highest BCUT2D eigenvalue weighted by Gasteiger charge is 1.99. The van der Waals surface area contributed by atoms with Gasteiger partial charge in [0.2, 0.25) is 0 Å². The van der Waals surface area contributed by atoms with Crippen LogP contribution < -0.4 is 0 Å². The lowest BCUT2D eigenvalue weighted by Crippen LogP contribution is -1.84. The van der Waals surface area contributed by atoms with Gasteiger partial charge in [0.15, 0.2) is 0 Å². The quantitative estimate of drug-likeness (QED) is 0.556. The lowest BCUT2D eigenvalue weighted by atomic mass is 10.1. The molecule has 0 bridgehead atoms. The molecule has 0 aromatic heterocycles. The van der Waals surface area contributed by atoms with Gasteiger partial charge in [0.05, 0.1) is 0 Å². The topological polar surface area (TPSA) is 0 Å². The summed E-state index contributed by atoms with van der Waals surface area (Å²) in [6.45, 7) is 7.18. The van der Waals surface area contributed by atoms with E-state index in [1.807, 2.05) is 6.92 Å². The third-order valence-corrected chi connectivity index (χ3v) is 1.86. The monoisotopic (exact) mass is 162 g/mol. The highest BCUT2D eigenvalue weighted by molar-refractivity contribution is 5.63. The molecule has 0 saturated carbocycles. The molecule has 0 N–H and O–H groups in total. The Morgan fingerprint density at radius 1 is 1.50 bits per heavy atom.